The molecule has 0 saturated carbocycles. The fourth-order valence-corrected chi connectivity index (χ4v) is 2.87. The van der Waals surface area contributed by atoms with E-state index in [4.69, 9.17) is 10.7 Å². The van der Waals surface area contributed by atoms with E-state index in [0.717, 1.165) is 22.7 Å². The van der Waals surface area contributed by atoms with Crippen LogP contribution >= 0.6 is 0 Å². The Morgan fingerprint density at radius 1 is 1.22 bits per heavy atom. The Morgan fingerprint density at radius 3 is 2.70 bits per heavy atom. The molecule has 2 aliphatic rings. The maximum absolute atomic E-state index is 5.78. The predicted molar refractivity (Wildman–Crippen MR) is 96.7 cm³/mol. The summed E-state index contributed by atoms with van der Waals surface area (Å²) in [6, 6.07) is 10.5. The molecule has 2 unspecified atom stereocenters. The minimum absolute atomic E-state index is 0.0562. The third-order valence-electron chi connectivity index (χ3n) is 3.93. The summed E-state index contributed by atoms with van der Waals surface area (Å²) in [6.45, 7) is 5.85. The molecule has 0 aromatic heterocycles. The lowest BCUT2D eigenvalue weighted by Gasteiger charge is -2.31. The van der Waals surface area contributed by atoms with Gasteiger partial charge in [-0.15, -0.1) is 0 Å². The van der Waals surface area contributed by atoms with E-state index in [1.165, 1.54) is 0 Å². The maximum atomic E-state index is 5.78. The topological polar surface area (TPSA) is 41.6 Å². The zero-order chi connectivity index (χ0) is 16.2. The molecule has 0 saturated heterocycles. The second-order valence-corrected chi connectivity index (χ2v) is 5.64. The second kappa shape index (κ2) is 6.53. The summed E-state index contributed by atoms with van der Waals surface area (Å²) in [7, 11) is 0. The number of hydrogen-bond donors (Lipinski definition) is 1. The molecule has 3 rings (SSSR count). The first-order chi connectivity index (χ1) is 11.2. The SMILES string of the molecule is C=C/C(=C\C=C(/C)N)N1C2C=CC=CC2=NC1c1ccccc1. The number of nitrogens with two attached hydrogens (primary N) is 1. The molecule has 1 aliphatic heterocycles. The van der Waals surface area contributed by atoms with Crippen LogP contribution in [0.3, 0.4) is 0 Å². The Balaban J connectivity index is 2.05. The fraction of sp³-hybridized carbons (Fsp3) is 0.150. The summed E-state index contributed by atoms with van der Waals surface area (Å²) in [6.07, 6.45) is 14.0. The molecular weight excluding hydrogens is 282 g/mol. The standard InChI is InChI=1S/C20H21N3/c1-3-17(14-13-15(2)21)23-19-12-8-7-11-18(19)22-20(23)16-9-5-4-6-10-16/h3-14,19-20H,1,21H2,2H3/b15-13+,17-14+. The van der Waals surface area contributed by atoms with Gasteiger partial charge in [0.25, 0.3) is 0 Å². The van der Waals surface area contributed by atoms with Gasteiger partial charge in [0.1, 0.15) is 6.17 Å². The minimum atomic E-state index is -0.0562. The van der Waals surface area contributed by atoms with Gasteiger partial charge in [0, 0.05) is 11.4 Å². The van der Waals surface area contributed by atoms with Crippen molar-refractivity contribution in [2.24, 2.45) is 10.7 Å². The molecule has 23 heavy (non-hydrogen) atoms. The lowest BCUT2D eigenvalue weighted by molar-refractivity contribution is 0.294. The number of benzene rings is 1. The third kappa shape index (κ3) is 3.04. The van der Waals surface area contributed by atoms with Gasteiger partial charge in [-0.05, 0) is 36.8 Å². The first-order valence-electron chi connectivity index (χ1n) is 7.73. The van der Waals surface area contributed by atoms with Gasteiger partial charge >= 0.3 is 0 Å². The monoisotopic (exact) mass is 303 g/mol. The molecule has 0 fully saturated rings. The normalized spacial score (nSPS) is 23.7. The van der Waals surface area contributed by atoms with Crippen LogP contribution in [0.25, 0.3) is 0 Å². The number of hydrogen-bond acceptors (Lipinski definition) is 3. The average molecular weight is 303 g/mol. The highest BCUT2D eigenvalue weighted by Gasteiger charge is 2.35. The highest BCUT2D eigenvalue weighted by atomic mass is 15.3. The lowest BCUT2D eigenvalue weighted by Crippen LogP contribution is -2.34. The Morgan fingerprint density at radius 2 is 2.00 bits per heavy atom. The van der Waals surface area contributed by atoms with Crippen LogP contribution in [0.2, 0.25) is 0 Å². The molecule has 0 bridgehead atoms. The largest absolute Gasteiger partial charge is 0.402 e. The Bertz CT molecular complexity index is 731. The zero-order valence-electron chi connectivity index (χ0n) is 13.3. The Kier molecular flexibility index (Phi) is 4.29. The van der Waals surface area contributed by atoms with Crippen molar-refractivity contribution in [3.05, 3.63) is 96.4 Å². The summed E-state index contributed by atoms with van der Waals surface area (Å²) in [5.41, 5.74) is 9.79. The Hall–Kier alpha value is -2.81. The van der Waals surface area contributed by atoms with Gasteiger partial charge in [-0.25, -0.2) is 0 Å². The van der Waals surface area contributed by atoms with E-state index in [2.05, 4.69) is 41.8 Å². The molecule has 3 heteroatoms. The van der Waals surface area contributed by atoms with Crippen molar-refractivity contribution in [2.75, 3.05) is 0 Å². The number of fused-ring (bicyclic) bond motifs is 1. The molecular formula is C20H21N3. The first-order valence-corrected chi connectivity index (χ1v) is 7.73. The maximum Gasteiger partial charge on any atom is 0.148 e. The van der Waals surface area contributed by atoms with Crippen LogP contribution in [0.4, 0.5) is 0 Å². The molecule has 1 aromatic rings. The van der Waals surface area contributed by atoms with Crippen LogP contribution in [0.15, 0.2) is 95.8 Å². The first kappa shape index (κ1) is 15.1. The zero-order valence-corrected chi connectivity index (χ0v) is 13.3. The van der Waals surface area contributed by atoms with Crippen LogP contribution in [0.5, 0.6) is 0 Å². The van der Waals surface area contributed by atoms with E-state index < -0.39 is 0 Å². The molecule has 0 amide bonds. The van der Waals surface area contributed by atoms with E-state index in [1.807, 2.05) is 49.4 Å². The number of aliphatic imine (C=N–C) groups is 1. The van der Waals surface area contributed by atoms with Gasteiger partial charge in [0.05, 0.1) is 11.8 Å². The number of allylic oxidation sites excluding steroid dienone is 6. The van der Waals surface area contributed by atoms with Crippen molar-refractivity contribution in [1.29, 1.82) is 0 Å². The quantitative estimate of drug-likeness (QED) is 0.858. The molecule has 2 N–H and O–H groups in total. The van der Waals surface area contributed by atoms with E-state index in [0.29, 0.717) is 0 Å². The van der Waals surface area contributed by atoms with Gasteiger partial charge in [-0.1, -0.05) is 55.1 Å². The summed E-state index contributed by atoms with van der Waals surface area (Å²) >= 11 is 0. The second-order valence-electron chi connectivity index (χ2n) is 5.64. The Labute approximate surface area is 137 Å². The van der Waals surface area contributed by atoms with Gasteiger partial charge in [0.15, 0.2) is 0 Å². The fourth-order valence-electron chi connectivity index (χ4n) is 2.87. The van der Waals surface area contributed by atoms with E-state index in [9.17, 15) is 0 Å². The minimum Gasteiger partial charge on any atom is -0.402 e. The smallest absolute Gasteiger partial charge is 0.148 e. The molecule has 0 spiro atoms. The molecule has 116 valence electrons. The lowest BCUT2D eigenvalue weighted by atomic mass is 10.0. The van der Waals surface area contributed by atoms with E-state index in [1.54, 1.807) is 0 Å². The molecule has 3 nitrogen and oxygen atoms in total. The average Bonchev–Trinajstić information content (AvgIpc) is 2.96. The summed E-state index contributed by atoms with van der Waals surface area (Å²) in [5, 5.41) is 0. The van der Waals surface area contributed by atoms with Crippen LogP contribution in [-0.2, 0) is 0 Å². The summed E-state index contributed by atoms with van der Waals surface area (Å²) in [5.74, 6) is 0. The summed E-state index contributed by atoms with van der Waals surface area (Å²) < 4.78 is 0. The molecule has 2 atom stereocenters. The van der Waals surface area contributed by atoms with Crippen molar-refractivity contribution in [3.63, 3.8) is 0 Å². The van der Waals surface area contributed by atoms with Crippen LogP contribution in [-0.4, -0.2) is 16.7 Å². The van der Waals surface area contributed by atoms with E-state index in [-0.39, 0.29) is 12.2 Å². The number of nitrogens with zero attached hydrogens (tertiary/aromatic N) is 2. The third-order valence-corrected chi connectivity index (χ3v) is 3.93. The number of rotatable bonds is 4. The highest BCUT2D eigenvalue weighted by molar-refractivity contribution is 6.03. The summed E-state index contributed by atoms with van der Waals surface area (Å²) in [4.78, 5) is 7.20. The van der Waals surface area contributed by atoms with Gasteiger partial charge < -0.3 is 10.6 Å². The van der Waals surface area contributed by atoms with Crippen molar-refractivity contribution < 1.29 is 0 Å². The van der Waals surface area contributed by atoms with E-state index >= 15 is 0 Å². The van der Waals surface area contributed by atoms with Crippen LogP contribution < -0.4 is 5.73 Å². The van der Waals surface area contributed by atoms with Crippen molar-refractivity contribution in [3.8, 4) is 0 Å². The van der Waals surface area contributed by atoms with Gasteiger partial charge in [-0.3, -0.25) is 4.99 Å². The van der Waals surface area contributed by atoms with Crippen molar-refractivity contribution in [2.45, 2.75) is 19.1 Å². The highest BCUT2D eigenvalue weighted by Crippen LogP contribution is 2.36. The van der Waals surface area contributed by atoms with Crippen molar-refractivity contribution in [1.82, 2.24) is 4.90 Å². The van der Waals surface area contributed by atoms with Gasteiger partial charge in [-0.2, -0.15) is 0 Å². The molecule has 0 radical (unpaired) electrons. The molecule has 1 aliphatic carbocycles. The van der Waals surface area contributed by atoms with Crippen molar-refractivity contribution >= 4 is 5.71 Å². The molecule has 1 heterocycles. The molecule has 1 aromatic carbocycles. The van der Waals surface area contributed by atoms with Crippen LogP contribution in [0.1, 0.15) is 18.7 Å². The van der Waals surface area contributed by atoms with Crippen LogP contribution in [0, 0.1) is 0 Å². The predicted octanol–water partition coefficient (Wildman–Crippen LogP) is 3.87. The van der Waals surface area contributed by atoms with Gasteiger partial charge in [0.2, 0.25) is 0 Å².